The van der Waals surface area contributed by atoms with E-state index >= 15 is 0 Å². The lowest BCUT2D eigenvalue weighted by atomic mass is 10.2. The minimum absolute atomic E-state index is 0.111. The van der Waals surface area contributed by atoms with Crippen LogP contribution in [0, 0.1) is 6.92 Å². The Hall–Kier alpha value is -3.28. The van der Waals surface area contributed by atoms with Gasteiger partial charge in [-0.1, -0.05) is 30.9 Å². The van der Waals surface area contributed by atoms with Crippen LogP contribution in [0.2, 0.25) is 0 Å². The Morgan fingerprint density at radius 2 is 1.96 bits per heavy atom. The van der Waals surface area contributed by atoms with Crippen LogP contribution < -0.4 is 19.6 Å². The van der Waals surface area contributed by atoms with Gasteiger partial charge in [-0.05, 0) is 42.3 Å². The summed E-state index contributed by atoms with van der Waals surface area (Å²) in [4.78, 5) is 11.8. The van der Waals surface area contributed by atoms with Crippen molar-refractivity contribution in [2.45, 2.75) is 6.92 Å². The summed E-state index contributed by atoms with van der Waals surface area (Å²) in [7, 11) is 1.56. The molecule has 0 heterocycles. The smallest absolute Gasteiger partial charge is 0.277 e. The second-order valence-corrected chi connectivity index (χ2v) is 5.36. The summed E-state index contributed by atoms with van der Waals surface area (Å²) >= 11 is 0. The van der Waals surface area contributed by atoms with E-state index < -0.39 is 0 Å². The summed E-state index contributed by atoms with van der Waals surface area (Å²) in [6, 6.07) is 12.8. The van der Waals surface area contributed by atoms with Gasteiger partial charge in [-0.2, -0.15) is 5.10 Å². The third kappa shape index (κ3) is 5.66. The van der Waals surface area contributed by atoms with Crippen LogP contribution in [0.1, 0.15) is 11.1 Å². The van der Waals surface area contributed by atoms with Crippen molar-refractivity contribution in [1.29, 1.82) is 0 Å². The van der Waals surface area contributed by atoms with Crippen LogP contribution in [-0.4, -0.2) is 32.4 Å². The first-order valence-electron chi connectivity index (χ1n) is 8.06. The Balaban J connectivity index is 1.88. The zero-order chi connectivity index (χ0) is 18.8. The molecule has 0 aromatic heterocycles. The van der Waals surface area contributed by atoms with Crippen molar-refractivity contribution in [2.24, 2.45) is 5.10 Å². The maximum Gasteiger partial charge on any atom is 0.277 e. The lowest BCUT2D eigenvalue weighted by molar-refractivity contribution is -0.123. The number of methoxy groups -OCH3 is 1. The summed E-state index contributed by atoms with van der Waals surface area (Å²) < 4.78 is 16.2. The van der Waals surface area contributed by atoms with Gasteiger partial charge >= 0.3 is 0 Å². The van der Waals surface area contributed by atoms with E-state index in [2.05, 4.69) is 17.1 Å². The Morgan fingerprint density at radius 3 is 2.69 bits per heavy atom. The lowest BCUT2D eigenvalue weighted by Gasteiger charge is -2.09. The number of nitrogens with one attached hydrogen (secondary N) is 1. The van der Waals surface area contributed by atoms with Crippen molar-refractivity contribution in [1.82, 2.24) is 5.43 Å². The highest BCUT2D eigenvalue weighted by atomic mass is 16.5. The molecule has 6 heteroatoms. The molecule has 0 unspecified atom stereocenters. The second-order valence-electron chi connectivity index (χ2n) is 5.36. The van der Waals surface area contributed by atoms with Crippen LogP contribution in [0.15, 0.2) is 60.2 Å². The molecule has 0 radical (unpaired) electrons. The number of aryl methyl sites for hydroxylation is 1. The Morgan fingerprint density at radius 1 is 1.15 bits per heavy atom. The van der Waals surface area contributed by atoms with E-state index in [4.69, 9.17) is 14.2 Å². The van der Waals surface area contributed by atoms with E-state index in [-0.39, 0.29) is 12.5 Å². The van der Waals surface area contributed by atoms with Gasteiger partial charge in [0.05, 0.1) is 13.3 Å². The molecule has 26 heavy (non-hydrogen) atoms. The molecule has 1 N–H and O–H groups in total. The number of carbonyl (C=O) groups is 1. The highest BCUT2D eigenvalue weighted by molar-refractivity contribution is 5.83. The van der Waals surface area contributed by atoms with Gasteiger partial charge in [0.2, 0.25) is 0 Å². The van der Waals surface area contributed by atoms with Gasteiger partial charge in [0.25, 0.3) is 5.91 Å². The molecule has 0 atom stereocenters. The first-order valence-corrected chi connectivity index (χ1v) is 8.06. The number of amides is 1. The number of hydrazone groups is 1. The van der Waals surface area contributed by atoms with Crippen molar-refractivity contribution in [3.63, 3.8) is 0 Å². The molecule has 0 spiro atoms. The molecule has 0 aliphatic carbocycles. The first-order chi connectivity index (χ1) is 12.6. The molecule has 0 aliphatic rings. The van der Waals surface area contributed by atoms with Crippen LogP contribution >= 0.6 is 0 Å². The highest BCUT2D eigenvalue weighted by Gasteiger charge is 2.05. The molecule has 2 rings (SSSR count). The van der Waals surface area contributed by atoms with Gasteiger partial charge in [-0.15, -0.1) is 0 Å². The van der Waals surface area contributed by atoms with Crippen LogP contribution in [0.5, 0.6) is 17.2 Å². The topological polar surface area (TPSA) is 69.2 Å². The number of ether oxygens (including phenoxy) is 3. The fourth-order valence-corrected chi connectivity index (χ4v) is 2.11. The summed E-state index contributed by atoms with van der Waals surface area (Å²) in [6.07, 6.45) is 3.18. The maximum absolute atomic E-state index is 11.8. The monoisotopic (exact) mass is 354 g/mol. The molecule has 0 saturated carbocycles. The van der Waals surface area contributed by atoms with Gasteiger partial charge in [0.1, 0.15) is 12.4 Å². The summed E-state index contributed by atoms with van der Waals surface area (Å²) in [5.41, 5.74) is 4.15. The molecule has 6 nitrogen and oxygen atoms in total. The number of nitrogens with zero attached hydrogens (tertiary/aromatic N) is 1. The average Bonchev–Trinajstić information content (AvgIpc) is 2.66. The van der Waals surface area contributed by atoms with Gasteiger partial charge < -0.3 is 14.2 Å². The molecule has 2 aromatic rings. The SMILES string of the molecule is C=CCOc1ccc(/C=N\NC(=O)COc2ccccc2C)cc1OC. The molecule has 1 amide bonds. The van der Waals surface area contributed by atoms with Crippen molar-refractivity contribution in [3.8, 4) is 17.2 Å². The van der Waals surface area contributed by atoms with E-state index in [0.717, 1.165) is 11.1 Å². The van der Waals surface area contributed by atoms with E-state index in [9.17, 15) is 4.79 Å². The fraction of sp³-hybridized carbons (Fsp3) is 0.200. The Kier molecular flexibility index (Phi) is 7.24. The molecular formula is C20H22N2O4. The molecular weight excluding hydrogens is 332 g/mol. The van der Waals surface area contributed by atoms with Crippen molar-refractivity contribution >= 4 is 12.1 Å². The molecule has 2 aromatic carbocycles. The number of benzene rings is 2. The lowest BCUT2D eigenvalue weighted by Crippen LogP contribution is -2.24. The van der Waals surface area contributed by atoms with Crippen LogP contribution in [0.25, 0.3) is 0 Å². The standard InChI is InChI=1S/C20H22N2O4/c1-4-11-25-18-10-9-16(12-19(18)24-3)13-21-22-20(23)14-26-17-8-6-5-7-15(17)2/h4-10,12-13H,1,11,14H2,2-3H3,(H,22,23)/b21-13-. The Bertz CT molecular complexity index is 787. The van der Waals surface area contributed by atoms with Crippen molar-refractivity contribution in [3.05, 3.63) is 66.2 Å². The largest absolute Gasteiger partial charge is 0.493 e. The van der Waals surface area contributed by atoms with Crippen LogP contribution in [0.4, 0.5) is 0 Å². The predicted molar refractivity (Wildman–Crippen MR) is 101 cm³/mol. The molecule has 0 bridgehead atoms. The zero-order valence-corrected chi connectivity index (χ0v) is 14.9. The molecule has 0 saturated heterocycles. The normalized spacial score (nSPS) is 10.4. The van der Waals surface area contributed by atoms with Gasteiger partial charge in [0, 0.05) is 0 Å². The second kappa shape index (κ2) is 9.88. The fourth-order valence-electron chi connectivity index (χ4n) is 2.11. The van der Waals surface area contributed by atoms with Gasteiger partial charge in [-0.3, -0.25) is 4.79 Å². The summed E-state index contributed by atoms with van der Waals surface area (Å²) in [5, 5.41) is 3.93. The quantitative estimate of drug-likeness (QED) is 0.427. The predicted octanol–water partition coefficient (Wildman–Crippen LogP) is 3.10. The van der Waals surface area contributed by atoms with Crippen molar-refractivity contribution < 1.29 is 19.0 Å². The maximum atomic E-state index is 11.8. The van der Waals surface area contributed by atoms with Crippen molar-refractivity contribution in [2.75, 3.05) is 20.3 Å². The number of para-hydroxylation sites is 1. The average molecular weight is 354 g/mol. The Labute approximate surface area is 153 Å². The van der Waals surface area contributed by atoms with Gasteiger partial charge in [-0.25, -0.2) is 5.43 Å². The van der Waals surface area contributed by atoms with Crippen LogP contribution in [-0.2, 0) is 4.79 Å². The molecule has 0 aliphatic heterocycles. The van der Waals surface area contributed by atoms with Crippen LogP contribution in [0.3, 0.4) is 0 Å². The van der Waals surface area contributed by atoms with Gasteiger partial charge in [0.15, 0.2) is 18.1 Å². The highest BCUT2D eigenvalue weighted by Crippen LogP contribution is 2.27. The third-order valence-electron chi connectivity index (χ3n) is 3.40. The first kappa shape index (κ1) is 19.1. The number of hydrogen-bond acceptors (Lipinski definition) is 5. The summed E-state index contributed by atoms with van der Waals surface area (Å²) in [6.45, 7) is 5.80. The number of rotatable bonds is 9. The van der Waals surface area contributed by atoms with E-state index in [1.165, 1.54) is 6.21 Å². The molecule has 136 valence electrons. The number of carbonyl (C=O) groups excluding carboxylic acids is 1. The number of hydrogen-bond donors (Lipinski definition) is 1. The minimum Gasteiger partial charge on any atom is -0.493 e. The van der Waals surface area contributed by atoms with E-state index in [0.29, 0.717) is 23.9 Å². The van der Waals surface area contributed by atoms with E-state index in [1.54, 1.807) is 31.4 Å². The molecule has 0 fully saturated rings. The zero-order valence-electron chi connectivity index (χ0n) is 14.9. The third-order valence-corrected chi connectivity index (χ3v) is 3.40. The van der Waals surface area contributed by atoms with E-state index in [1.807, 2.05) is 31.2 Å². The summed E-state index contributed by atoms with van der Waals surface area (Å²) in [5.74, 6) is 1.51. The minimum atomic E-state index is -0.345.